The smallest absolute Gasteiger partial charge is 0.331 e. The van der Waals surface area contributed by atoms with Gasteiger partial charge >= 0.3 is 6.03 Å². The Kier molecular flexibility index (Phi) is 5.23. The number of hydrogen-bond donors (Lipinski definition) is 2. The molecule has 5 amide bonds. The van der Waals surface area contributed by atoms with Gasteiger partial charge in [-0.15, -0.1) is 0 Å². The number of carbonyl (C=O) groups is 4. The summed E-state index contributed by atoms with van der Waals surface area (Å²) < 4.78 is 7.14. The average molecular weight is 432 g/mol. The summed E-state index contributed by atoms with van der Waals surface area (Å²) in [4.78, 5) is 49.8. The van der Waals surface area contributed by atoms with Crippen molar-refractivity contribution in [2.45, 2.75) is 20.4 Å². The van der Waals surface area contributed by atoms with Gasteiger partial charge in [0.15, 0.2) is 0 Å². The second kappa shape index (κ2) is 8.03. The summed E-state index contributed by atoms with van der Waals surface area (Å²) in [6, 6.07) is 11.1. The van der Waals surface area contributed by atoms with Crippen LogP contribution in [-0.2, 0) is 16.1 Å². The van der Waals surface area contributed by atoms with Gasteiger partial charge in [0.05, 0.1) is 12.8 Å². The Bertz CT molecular complexity index is 1270. The fourth-order valence-electron chi connectivity index (χ4n) is 3.66. The molecule has 1 aliphatic rings. The van der Waals surface area contributed by atoms with Gasteiger partial charge in [-0.2, -0.15) is 0 Å². The first kappa shape index (κ1) is 20.9. The second-order valence-electron chi connectivity index (χ2n) is 7.36. The fraction of sp³-hybridized carbons (Fsp3) is 0.130. The Hall–Kier alpha value is -4.40. The molecular formula is C23H20N4O5. The van der Waals surface area contributed by atoms with Crippen molar-refractivity contribution in [3.63, 3.8) is 0 Å². The number of imide groups is 2. The summed E-state index contributed by atoms with van der Waals surface area (Å²) in [5.41, 5.74) is 8.61. The summed E-state index contributed by atoms with van der Waals surface area (Å²) in [5.74, 6) is -1.56. The summed E-state index contributed by atoms with van der Waals surface area (Å²) >= 11 is 0. The van der Waals surface area contributed by atoms with Crippen molar-refractivity contribution in [1.29, 1.82) is 0 Å². The van der Waals surface area contributed by atoms with Crippen LogP contribution < -0.4 is 11.1 Å². The molecule has 3 N–H and O–H groups in total. The highest BCUT2D eigenvalue weighted by Crippen LogP contribution is 2.25. The molecule has 4 rings (SSSR count). The van der Waals surface area contributed by atoms with E-state index in [9.17, 15) is 19.2 Å². The van der Waals surface area contributed by atoms with E-state index in [0.29, 0.717) is 16.9 Å². The summed E-state index contributed by atoms with van der Waals surface area (Å²) in [7, 11) is 0. The number of amides is 5. The highest BCUT2D eigenvalue weighted by atomic mass is 16.3. The van der Waals surface area contributed by atoms with Gasteiger partial charge in [-0.05, 0) is 68.0 Å². The van der Waals surface area contributed by atoms with E-state index >= 15 is 0 Å². The number of furan rings is 1. The maximum absolute atomic E-state index is 12.9. The lowest BCUT2D eigenvalue weighted by molar-refractivity contribution is -0.130. The zero-order valence-electron chi connectivity index (χ0n) is 17.4. The zero-order chi connectivity index (χ0) is 23.0. The molecule has 9 heteroatoms. The molecule has 3 heterocycles. The van der Waals surface area contributed by atoms with Gasteiger partial charge < -0.3 is 14.7 Å². The highest BCUT2D eigenvalue weighted by molar-refractivity contribution is 6.31. The van der Waals surface area contributed by atoms with E-state index < -0.39 is 23.8 Å². The van der Waals surface area contributed by atoms with Gasteiger partial charge in [-0.1, -0.05) is 0 Å². The number of barbiturate groups is 1. The third-order valence-corrected chi connectivity index (χ3v) is 5.26. The standard InChI is InChI=1S/C23H20N4O5/c1-13-10-16(14(2)27(13)17-7-5-15(6-8-17)20(24)28)11-19-21(29)25-23(31)26(22(19)30)12-18-4-3-9-32-18/h3-11H,12H2,1-2H3,(H2,24,28)(H,25,29,31)/b19-11+. The number of urea groups is 1. The summed E-state index contributed by atoms with van der Waals surface area (Å²) in [6.45, 7) is 3.64. The van der Waals surface area contributed by atoms with Crippen LogP contribution in [0.15, 0.2) is 58.7 Å². The van der Waals surface area contributed by atoms with Crippen molar-refractivity contribution in [2.75, 3.05) is 0 Å². The third-order valence-electron chi connectivity index (χ3n) is 5.26. The van der Waals surface area contributed by atoms with E-state index in [4.69, 9.17) is 10.2 Å². The van der Waals surface area contributed by atoms with Crippen LogP contribution >= 0.6 is 0 Å². The van der Waals surface area contributed by atoms with Crippen molar-refractivity contribution in [2.24, 2.45) is 5.73 Å². The van der Waals surface area contributed by atoms with Crippen molar-refractivity contribution in [3.8, 4) is 5.69 Å². The Labute approximate surface area is 183 Å². The lowest BCUT2D eigenvalue weighted by Crippen LogP contribution is -2.53. The Morgan fingerprint density at radius 1 is 1.12 bits per heavy atom. The van der Waals surface area contributed by atoms with Crippen molar-refractivity contribution < 1.29 is 23.6 Å². The average Bonchev–Trinajstić information content (AvgIpc) is 3.36. The predicted molar refractivity (Wildman–Crippen MR) is 115 cm³/mol. The zero-order valence-corrected chi connectivity index (χ0v) is 17.4. The molecule has 32 heavy (non-hydrogen) atoms. The van der Waals surface area contributed by atoms with Gasteiger partial charge in [0.2, 0.25) is 5.91 Å². The Balaban J connectivity index is 1.69. The molecule has 162 valence electrons. The molecule has 0 aliphatic carbocycles. The van der Waals surface area contributed by atoms with E-state index in [-0.39, 0.29) is 12.1 Å². The molecule has 0 unspecified atom stereocenters. The van der Waals surface area contributed by atoms with E-state index in [1.54, 1.807) is 36.4 Å². The van der Waals surface area contributed by atoms with E-state index in [1.165, 1.54) is 12.3 Å². The summed E-state index contributed by atoms with van der Waals surface area (Å²) in [5, 5.41) is 2.20. The van der Waals surface area contributed by atoms with Gasteiger partial charge in [-0.25, -0.2) is 4.79 Å². The molecule has 2 aromatic heterocycles. The van der Waals surface area contributed by atoms with Crippen LogP contribution in [0.2, 0.25) is 0 Å². The van der Waals surface area contributed by atoms with Gasteiger partial charge in [-0.3, -0.25) is 24.6 Å². The first-order valence-corrected chi connectivity index (χ1v) is 9.76. The molecule has 9 nitrogen and oxygen atoms in total. The Morgan fingerprint density at radius 3 is 2.47 bits per heavy atom. The molecule has 0 radical (unpaired) electrons. The van der Waals surface area contributed by atoms with Crippen molar-refractivity contribution in [3.05, 3.63) is 82.6 Å². The van der Waals surface area contributed by atoms with Crippen LogP contribution in [0, 0.1) is 13.8 Å². The molecule has 1 aromatic carbocycles. The van der Waals surface area contributed by atoms with E-state index in [2.05, 4.69) is 5.32 Å². The topological polar surface area (TPSA) is 128 Å². The third kappa shape index (κ3) is 3.71. The van der Waals surface area contributed by atoms with Crippen LogP contribution in [-0.4, -0.2) is 33.2 Å². The minimum absolute atomic E-state index is 0.0898. The normalized spacial score (nSPS) is 15.4. The number of rotatable bonds is 5. The van der Waals surface area contributed by atoms with E-state index in [1.807, 2.05) is 24.5 Å². The number of primary amides is 1. The first-order chi connectivity index (χ1) is 15.3. The monoisotopic (exact) mass is 432 g/mol. The number of nitrogens with one attached hydrogen (secondary N) is 1. The largest absolute Gasteiger partial charge is 0.467 e. The number of aryl methyl sites for hydroxylation is 1. The minimum atomic E-state index is -0.798. The quantitative estimate of drug-likeness (QED) is 0.473. The number of carbonyl (C=O) groups excluding carboxylic acids is 4. The molecule has 0 spiro atoms. The number of hydrogen-bond acceptors (Lipinski definition) is 5. The highest BCUT2D eigenvalue weighted by Gasteiger charge is 2.36. The van der Waals surface area contributed by atoms with Crippen LogP contribution in [0.1, 0.15) is 33.1 Å². The van der Waals surface area contributed by atoms with Crippen LogP contribution in [0.3, 0.4) is 0 Å². The van der Waals surface area contributed by atoms with Crippen molar-refractivity contribution >= 4 is 29.8 Å². The molecule has 0 saturated carbocycles. The molecule has 1 saturated heterocycles. The summed E-state index contributed by atoms with van der Waals surface area (Å²) in [6.07, 6.45) is 2.91. The predicted octanol–water partition coefficient (Wildman–Crippen LogP) is 2.45. The van der Waals surface area contributed by atoms with E-state index in [0.717, 1.165) is 22.0 Å². The van der Waals surface area contributed by atoms with Crippen LogP contribution in [0.5, 0.6) is 0 Å². The molecule has 0 atom stereocenters. The molecule has 1 aliphatic heterocycles. The van der Waals surface area contributed by atoms with Gasteiger partial charge in [0, 0.05) is 22.6 Å². The lowest BCUT2D eigenvalue weighted by Gasteiger charge is -2.25. The fourth-order valence-corrected chi connectivity index (χ4v) is 3.66. The first-order valence-electron chi connectivity index (χ1n) is 9.76. The molecule has 3 aromatic rings. The second-order valence-corrected chi connectivity index (χ2v) is 7.36. The minimum Gasteiger partial charge on any atom is -0.467 e. The number of nitrogens with two attached hydrogens (primary N) is 1. The lowest BCUT2D eigenvalue weighted by atomic mass is 10.1. The maximum Gasteiger partial charge on any atom is 0.331 e. The molecular weight excluding hydrogens is 412 g/mol. The SMILES string of the molecule is Cc1cc(/C=C2\C(=O)NC(=O)N(Cc3ccco3)C2=O)c(C)n1-c1ccc(C(N)=O)cc1. The van der Waals surface area contributed by atoms with Crippen LogP contribution in [0.4, 0.5) is 4.79 Å². The molecule has 0 bridgehead atoms. The number of nitrogens with zero attached hydrogens (tertiary/aromatic N) is 2. The molecule has 1 fully saturated rings. The maximum atomic E-state index is 12.9. The van der Waals surface area contributed by atoms with Crippen LogP contribution in [0.25, 0.3) is 11.8 Å². The van der Waals surface area contributed by atoms with Crippen molar-refractivity contribution in [1.82, 2.24) is 14.8 Å². The van der Waals surface area contributed by atoms with Gasteiger partial charge in [0.25, 0.3) is 11.8 Å². The number of aromatic nitrogens is 1. The van der Waals surface area contributed by atoms with Gasteiger partial charge in [0.1, 0.15) is 11.3 Å². The Morgan fingerprint density at radius 2 is 1.84 bits per heavy atom. The number of benzene rings is 1.